The fourth-order valence-electron chi connectivity index (χ4n) is 4.10. The zero-order valence-corrected chi connectivity index (χ0v) is 14.6. The van der Waals surface area contributed by atoms with Crippen molar-refractivity contribution < 1.29 is 17.7 Å². The van der Waals surface area contributed by atoms with Gasteiger partial charge in [0, 0.05) is 31.1 Å². The van der Waals surface area contributed by atoms with Gasteiger partial charge in [0.25, 0.3) is 5.91 Å². The number of rotatable bonds is 4. The molecule has 1 saturated heterocycles. The van der Waals surface area contributed by atoms with Crippen molar-refractivity contribution in [3.8, 4) is 0 Å². The number of carbonyl (C=O) groups is 1. The van der Waals surface area contributed by atoms with E-state index < -0.39 is 10.0 Å². The highest BCUT2D eigenvalue weighted by Crippen LogP contribution is 2.42. The van der Waals surface area contributed by atoms with E-state index in [-0.39, 0.29) is 17.9 Å². The lowest BCUT2D eigenvalue weighted by molar-refractivity contribution is 0.0773. The van der Waals surface area contributed by atoms with Crippen LogP contribution in [0.3, 0.4) is 0 Å². The first-order chi connectivity index (χ1) is 11.4. The van der Waals surface area contributed by atoms with Gasteiger partial charge in [-0.15, -0.1) is 0 Å². The van der Waals surface area contributed by atoms with E-state index in [1.165, 1.54) is 6.26 Å². The van der Waals surface area contributed by atoms with Crippen LogP contribution in [0.1, 0.15) is 47.5 Å². The van der Waals surface area contributed by atoms with Crippen LogP contribution in [-0.2, 0) is 22.9 Å². The number of aryl methyl sites for hydroxylation is 1. The minimum atomic E-state index is -3.29. The summed E-state index contributed by atoms with van der Waals surface area (Å²) >= 11 is 0. The SMILES string of the molecule is CS(=O)(=O)N[C@H]1CN(C(=O)c2noc3c2CCCC3)C[C@@H]1C1CC1. The molecule has 2 heterocycles. The summed E-state index contributed by atoms with van der Waals surface area (Å²) in [6.45, 7) is 1.01. The van der Waals surface area contributed by atoms with Crippen LogP contribution in [-0.4, -0.2) is 49.8 Å². The Morgan fingerprint density at radius 2 is 2.00 bits per heavy atom. The number of nitrogens with one attached hydrogen (secondary N) is 1. The molecule has 0 spiro atoms. The highest BCUT2D eigenvalue weighted by Gasteiger charge is 2.45. The molecule has 1 aliphatic heterocycles. The molecule has 1 amide bonds. The Labute approximate surface area is 141 Å². The number of aromatic nitrogens is 1. The summed E-state index contributed by atoms with van der Waals surface area (Å²) in [4.78, 5) is 14.7. The van der Waals surface area contributed by atoms with Crippen molar-refractivity contribution in [3.05, 3.63) is 17.0 Å². The Hall–Kier alpha value is -1.41. The largest absolute Gasteiger partial charge is 0.360 e. The molecule has 2 fully saturated rings. The topological polar surface area (TPSA) is 92.5 Å². The predicted molar refractivity (Wildman–Crippen MR) is 87.0 cm³/mol. The van der Waals surface area contributed by atoms with Crippen LogP contribution in [0.25, 0.3) is 0 Å². The molecule has 7 nitrogen and oxygen atoms in total. The molecule has 0 radical (unpaired) electrons. The zero-order valence-electron chi connectivity index (χ0n) is 13.8. The number of nitrogens with zero attached hydrogens (tertiary/aromatic N) is 2. The van der Waals surface area contributed by atoms with Crippen molar-refractivity contribution in [2.75, 3.05) is 19.3 Å². The van der Waals surface area contributed by atoms with Gasteiger partial charge in [0.15, 0.2) is 5.69 Å². The Morgan fingerprint density at radius 1 is 1.25 bits per heavy atom. The van der Waals surface area contributed by atoms with E-state index in [2.05, 4.69) is 9.88 Å². The summed E-state index contributed by atoms with van der Waals surface area (Å²) in [6.07, 6.45) is 7.22. The number of sulfonamides is 1. The third-order valence-corrected chi connectivity index (χ3v) is 6.13. The van der Waals surface area contributed by atoms with Gasteiger partial charge in [0.05, 0.1) is 6.26 Å². The molecule has 0 aromatic carbocycles. The normalized spacial score (nSPS) is 27.3. The number of likely N-dealkylation sites (tertiary alicyclic amines) is 1. The number of carbonyl (C=O) groups excluding carboxylic acids is 1. The van der Waals surface area contributed by atoms with E-state index in [9.17, 15) is 13.2 Å². The van der Waals surface area contributed by atoms with Gasteiger partial charge in [0.1, 0.15) is 5.76 Å². The van der Waals surface area contributed by atoms with E-state index in [1.807, 2.05) is 0 Å². The predicted octanol–water partition coefficient (Wildman–Crippen LogP) is 0.953. The maximum absolute atomic E-state index is 12.9. The first-order valence-corrected chi connectivity index (χ1v) is 10.6. The van der Waals surface area contributed by atoms with Gasteiger partial charge >= 0.3 is 0 Å². The van der Waals surface area contributed by atoms with Crippen LogP contribution in [0, 0.1) is 11.8 Å². The molecular weight excluding hydrogens is 330 g/mol. The van der Waals surface area contributed by atoms with E-state index in [0.717, 1.165) is 49.8 Å². The monoisotopic (exact) mass is 353 g/mol. The summed E-state index contributed by atoms with van der Waals surface area (Å²) in [7, 11) is -3.29. The third-order valence-electron chi connectivity index (χ3n) is 5.40. The zero-order chi connectivity index (χ0) is 16.9. The average Bonchev–Trinajstić information content (AvgIpc) is 3.14. The summed E-state index contributed by atoms with van der Waals surface area (Å²) in [5, 5.41) is 4.02. The molecule has 0 bridgehead atoms. The fourth-order valence-corrected chi connectivity index (χ4v) is 4.90. The first kappa shape index (κ1) is 16.1. The highest BCUT2D eigenvalue weighted by atomic mass is 32.2. The highest BCUT2D eigenvalue weighted by molar-refractivity contribution is 7.88. The van der Waals surface area contributed by atoms with Crippen LogP contribution in [0.4, 0.5) is 0 Å². The van der Waals surface area contributed by atoms with Gasteiger partial charge in [-0.1, -0.05) is 5.16 Å². The lowest BCUT2D eigenvalue weighted by atomic mass is 9.96. The van der Waals surface area contributed by atoms with E-state index in [4.69, 9.17) is 4.52 Å². The Kier molecular flexibility index (Phi) is 3.91. The standard InChI is InChI=1S/C16H23N3O4S/c1-24(21,22)18-13-9-19(8-12(13)10-6-7-10)16(20)15-11-4-2-3-5-14(11)23-17-15/h10,12-13,18H,2-9H2,1H3/t12-,13+/m1/s1. The average molecular weight is 353 g/mol. The summed E-state index contributed by atoms with van der Waals surface area (Å²) in [5.74, 6) is 1.44. The molecule has 0 unspecified atom stereocenters. The number of fused-ring (bicyclic) bond motifs is 1. The van der Waals surface area contributed by atoms with Gasteiger partial charge < -0.3 is 9.42 Å². The lowest BCUT2D eigenvalue weighted by Crippen LogP contribution is -2.41. The van der Waals surface area contributed by atoms with Crippen molar-refractivity contribution in [1.82, 2.24) is 14.8 Å². The molecule has 1 aromatic rings. The molecule has 1 aromatic heterocycles. The molecular formula is C16H23N3O4S. The van der Waals surface area contributed by atoms with Gasteiger partial charge in [-0.2, -0.15) is 0 Å². The second kappa shape index (κ2) is 5.84. The molecule has 4 rings (SSSR count). The number of amides is 1. The number of hydrogen-bond donors (Lipinski definition) is 1. The second-order valence-corrected chi connectivity index (χ2v) is 9.13. The Balaban J connectivity index is 1.54. The van der Waals surface area contributed by atoms with E-state index in [0.29, 0.717) is 24.7 Å². The fraction of sp³-hybridized carbons (Fsp3) is 0.750. The van der Waals surface area contributed by atoms with Gasteiger partial charge in [-0.05, 0) is 43.9 Å². The summed E-state index contributed by atoms with van der Waals surface area (Å²) < 4.78 is 31.3. The van der Waals surface area contributed by atoms with Gasteiger partial charge in [-0.3, -0.25) is 4.79 Å². The Morgan fingerprint density at radius 3 is 2.71 bits per heavy atom. The van der Waals surface area contributed by atoms with Crippen molar-refractivity contribution in [1.29, 1.82) is 0 Å². The van der Waals surface area contributed by atoms with E-state index >= 15 is 0 Å². The van der Waals surface area contributed by atoms with Crippen LogP contribution < -0.4 is 4.72 Å². The molecule has 1 saturated carbocycles. The molecule has 132 valence electrons. The molecule has 1 N–H and O–H groups in total. The van der Waals surface area contributed by atoms with Crippen molar-refractivity contribution in [3.63, 3.8) is 0 Å². The van der Waals surface area contributed by atoms with Crippen LogP contribution in [0.2, 0.25) is 0 Å². The maximum Gasteiger partial charge on any atom is 0.276 e. The van der Waals surface area contributed by atoms with Gasteiger partial charge in [-0.25, -0.2) is 13.1 Å². The lowest BCUT2D eigenvalue weighted by Gasteiger charge is -2.17. The quantitative estimate of drug-likeness (QED) is 0.870. The van der Waals surface area contributed by atoms with Crippen LogP contribution in [0.5, 0.6) is 0 Å². The van der Waals surface area contributed by atoms with Gasteiger partial charge in [0.2, 0.25) is 10.0 Å². The molecule has 2 aliphatic carbocycles. The van der Waals surface area contributed by atoms with Crippen molar-refractivity contribution >= 4 is 15.9 Å². The summed E-state index contributed by atoms with van der Waals surface area (Å²) in [6, 6.07) is -0.195. The smallest absolute Gasteiger partial charge is 0.276 e. The van der Waals surface area contributed by atoms with Crippen molar-refractivity contribution in [2.24, 2.45) is 11.8 Å². The first-order valence-electron chi connectivity index (χ1n) is 8.66. The van der Waals surface area contributed by atoms with Crippen molar-refractivity contribution in [2.45, 2.75) is 44.6 Å². The minimum absolute atomic E-state index is 0.120. The maximum atomic E-state index is 12.9. The minimum Gasteiger partial charge on any atom is -0.360 e. The number of hydrogen-bond acceptors (Lipinski definition) is 5. The Bertz CT molecular complexity index is 753. The van der Waals surface area contributed by atoms with Crippen LogP contribution >= 0.6 is 0 Å². The summed E-state index contributed by atoms with van der Waals surface area (Å²) in [5.41, 5.74) is 1.38. The second-order valence-electron chi connectivity index (χ2n) is 7.35. The van der Waals surface area contributed by atoms with Crippen LogP contribution in [0.15, 0.2) is 4.52 Å². The molecule has 3 aliphatic rings. The van der Waals surface area contributed by atoms with E-state index in [1.54, 1.807) is 4.90 Å². The molecule has 2 atom stereocenters. The molecule has 8 heteroatoms. The molecule has 24 heavy (non-hydrogen) atoms. The third kappa shape index (κ3) is 3.09.